The standard InChI is InChI=1S/C17H24N2O4/c1-10-11(15(21)22)7-8-12(18-10)14(20)19(5)13-9-17(4,23-6)16(13,2)3/h7-8,13H,9H2,1-6H3,(H,21,22). The molecular weight excluding hydrogens is 296 g/mol. The normalized spacial score (nSPS) is 25.6. The van der Waals surface area contributed by atoms with Crippen molar-refractivity contribution in [3.05, 3.63) is 29.1 Å². The summed E-state index contributed by atoms with van der Waals surface area (Å²) in [5, 5.41) is 9.04. The molecule has 0 aliphatic heterocycles. The first-order valence-electron chi connectivity index (χ1n) is 7.58. The largest absolute Gasteiger partial charge is 0.478 e. The Bertz CT molecular complexity index is 656. The van der Waals surface area contributed by atoms with Crippen molar-refractivity contribution in [2.75, 3.05) is 14.2 Å². The van der Waals surface area contributed by atoms with Crippen LogP contribution in [0.3, 0.4) is 0 Å². The Morgan fingerprint density at radius 3 is 2.39 bits per heavy atom. The van der Waals surface area contributed by atoms with Crippen molar-refractivity contribution >= 4 is 11.9 Å². The van der Waals surface area contributed by atoms with Gasteiger partial charge in [0.05, 0.1) is 16.9 Å². The van der Waals surface area contributed by atoms with Crippen LogP contribution in [0.2, 0.25) is 0 Å². The van der Waals surface area contributed by atoms with Crippen molar-refractivity contribution in [3.63, 3.8) is 0 Å². The van der Waals surface area contributed by atoms with Gasteiger partial charge in [0, 0.05) is 25.6 Å². The van der Waals surface area contributed by atoms with Gasteiger partial charge >= 0.3 is 5.97 Å². The van der Waals surface area contributed by atoms with E-state index in [1.165, 1.54) is 12.1 Å². The summed E-state index contributed by atoms with van der Waals surface area (Å²) in [4.78, 5) is 29.6. The fraction of sp³-hybridized carbons (Fsp3) is 0.588. The minimum atomic E-state index is -1.04. The third kappa shape index (κ3) is 2.61. The van der Waals surface area contributed by atoms with Crippen molar-refractivity contribution in [1.82, 2.24) is 9.88 Å². The van der Waals surface area contributed by atoms with Crippen LogP contribution in [-0.4, -0.2) is 52.7 Å². The lowest BCUT2D eigenvalue weighted by Gasteiger charge is -2.61. The van der Waals surface area contributed by atoms with E-state index in [9.17, 15) is 9.59 Å². The van der Waals surface area contributed by atoms with Gasteiger partial charge in [-0.05, 0) is 32.4 Å². The molecule has 6 nitrogen and oxygen atoms in total. The second-order valence-electron chi connectivity index (χ2n) is 6.93. The van der Waals surface area contributed by atoms with Crippen LogP contribution in [0.25, 0.3) is 0 Å². The third-order valence-corrected chi connectivity index (χ3v) is 5.55. The minimum absolute atomic E-state index is 0.0428. The first-order chi connectivity index (χ1) is 10.5. The average molecular weight is 320 g/mol. The van der Waals surface area contributed by atoms with Crippen molar-refractivity contribution in [2.45, 2.75) is 45.8 Å². The number of amides is 1. The molecule has 1 aromatic heterocycles. The molecule has 0 radical (unpaired) electrons. The Labute approximate surface area is 136 Å². The molecule has 0 aromatic carbocycles. The van der Waals surface area contributed by atoms with Gasteiger partial charge in [-0.1, -0.05) is 13.8 Å². The Morgan fingerprint density at radius 1 is 1.35 bits per heavy atom. The molecular formula is C17H24N2O4. The van der Waals surface area contributed by atoms with Crippen molar-refractivity contribution in [1.29, 1.82) is 0 Å². The number of ether oxygens (including phenoxy) is 1. The SMILES string of the molecule is COC1(C)CC(N(C)C(=O)c2ccc(C(=O)O)c(C)n2)C1(C)C. The van der Waals surface area contributed by atoms with Crippen LogP contribution in [0.15, 0.2) is 12.1 Å². The number of carbonyl (C=O) groups excluding carboxylic acids is 1. The predicted octanol–water partition coefficient (Wildman–Crippen LogP) is 2.36. The van der Waals surface area contributed by atoms with Crippen LogP contribution < -0.4 is 0 Å². The monoisotopic (exact) mass is 320 g/mol. The number of aromatic nitrogens is 1. The Balaban J connectivity index is 2.22. The first-order valence-corrected chi connectivity index (χ1v) is 7.58. The quantitative estimate of drug-likeness (QED) is 0.921. The number of carboxylic acids is 1. The predicted molar refractivity (Wildman–Crippen MR) is 85.6 cm³/mol. The molecule has 23 heavy (non-hydrogen) atoms. The fourth-order valence-electron chi connectivity index (χ4n) is 3.30. The summed E-state index contributed by atoms with van der Waals surface area (Å²) < 4.78 is 5.60. The maximum atomic E-state index is 12.7. The van der Waals surface area contributed by atoms with E-state index in [1.54, 1.807) is 26.0 Å². The van der Waals surface area contributed by atoms with E-state index in [0.717, 1.165) is 6.42 Å². The summed E-state index contributed by atoms with van der Waals surface area (Å²) in [6, 6.07) is 2.94. The van der Waals surface area contributed by atoms with Crippen LogP contribution in [0.1, 0.15) is 53.7 Å². The average Bonchev–Trinajstić information content (AvgIpc) is 2.50. The number of carbonyl (C=O) groups is 2. The molecule has 1 aromatic rings. The van der Waals surface area contributed by atoms with Gasteiger partial charge in [0.25, 0.3) is 5.91 Å². The number of hydrogen-bond acceptors (Lipinski definition) is 4. The molecule has 0 saturated heterocycles. The molecule has 0 spiro atoms. The minimum Gasteiger partial charge on any atom is -0.478 e. The van der Waals surface area contributed by atoms with E-state index in [2.05, 4.69) is 18.8 Å². The summed E-state index contributed by atoms with van der Waals surface area (Å²) in [6.45, 7) is 7.81. The summed E-state index contributed by atoms with van der Waals surface area (Å²) in [5.74, 6) is -1.25. The lowest BCUT2D eigenvalue weighted by atomic mass is 9.55. The molecule has 1 aliphatic carbocycles. The Hall–Kier alpha value is -1.95. The highest BCUT2D eigenvalue weighted by molar-refractivity contribution is 5.94. The zero-order valence-corrected chi connectivity index (χ0v) is 14.5. The molecule has 126 valence electrons. The Kier molecular flexibility index (Phi) is 4.24. The van der Waals surface area contributed by atoms with Gasteiger partial charge < -0.3 is 14.7 Å². The number of hydrogen-bond donors (Lipinski definition) is 1. The molecule has 2 unspecified atom stereocenters. The highest BCUT2D eigenvalue weighted by atomic mass is 16.5. The van der Waals surface area contributed by atoms with Crippen LogP contribution in [0.5, 0.6) is 0 Å². The van der Waals surface area contributed by atoms with Crippen LogP contribution in [0, 0.1) is 12.3 Å². The molecule has 1 heterocycles. The maximum absolute atomic E-state index is 12.7. The zero-order chi connectivity index (χ0) is 17.6. The Morgan fingerprint density at radius 2 is 1.96 bits per heavy atom. The highest BCUT2D eigenvalue weighted by Gasteiger charge is 2.59. The van der Waals surface area contributed by atoms with Gasteiger partial charge in [0.15, 0.2) is 0 Å². The number of methoxy groups -OCH3 is 1. The summed E-state index contributed by atoms with van der Waals surface area (Å²) in [6.07, 6.45) is 0.755. The number of aromatic carboxylic acids is 1. The smallest absolute Gasteiger partial charge is 0.337 e. The van der Waals surface area contributed by atoms with Gasteiger partial charge in [-0.15, -0.1) is 0 Å². The fourth-order valence-corrected chi connectivity index (χ4v) is 3.30. The van der Waals surface area contributed by atoms with Gasteiger partial charge in [0.1, 0.15) is 5.69 Å². The lowest BCUT2D eigenvalue weighted by Crippen LogP contribution is -2.68. The molecule has 1 fully saturated rings. The third-order valence-electron chi connectivity index (χ3n) is 5.55. The van der Waals surface area contributed by atoms with E-state index >= 15 is 0 Å². The molecule has 2 rings (SSSR count). The molecule has 2 atom stereocenters. The van der Waals surface area contributed by atoms with Gasteiger partial charge in [-0.25, -0.2) is 9.78 Å². The number of carboxylic acid groups (broad SMARTS) is 1. The van der Waals surface area contributed by atoms with Gasteiger partial charge in [-0.3, -0.25) is 4.79 Å². The van der Waals surface area contributed by atoms with Gasteiger partial charge in [0.2, 0.25) is 0 Å². The number of pyridine rings is 1. The number of rotatable bonds is 4. The van der Waals surface area contributed by atoms with Crippen LogP contribution >= 0.6 is 0 Å². The molecule has 0 bridgehead atoms. The van der Waals surface area contributed by atoms with E-state index in [-0.39, 0.29) is 34.2 Å². The molecule has 1 saturated carbocycles. The molecule has 1 aliphatic rings. The summed E-state index contributed by atoms with van der Waals surface area (Å²) in [5.41, 5.74) is 0.272. The lowest BCUT2D eigenvalue weighted by molar-refractivity contribution is -0.198. The molecule has 6 heteroatoms. The van der Waals surface area contributed by atoms with Crippen molar-refractivity contribution < 1.29 is 19.4 Å². The van der Waals surface area contributed by atoms with Crippen LogP contribution in [-0.2, 0) is 4.74 Å². The van der Waals surface area contributed by atoms with E-state index in [1.807, 2.05) is 6.92 Å². The van der Waals surface area contributed by atoms with E-state index < -0.39 is 5.97 Å². The summed E-state index contributed by atoms with van der Waals surface area (Å²) in [7, 11) is 3.45. The molecule has 1 N–H and O–H groups in total. The molecule has 1 amide bonds. The van der Waals surface area contributed by atoms with E-state index in [4.69, 9.17) is 9.84 Å². The van der Waals surface area contributed by atoms with Crippen LogP contribution in [0.4, 0.5) is 0 Å². The zero-order valence-electron chi connectivity index (χ0n) is 14.5. The second-order valence-corrected chi connectivity index (χ2v) is 6.93. The van der Waals surface area contributed by atoms with Crippen molar-refractivity contribution in [2.24, 2.45) is 5.41 Å². The highest BCUT2D eigenvalue weighted by Crippen LogP contribution is 2.53. The van der Waals surface area contributed by atoms with E-state index in [0.29, 0.717) is 5.69 Å². The number of aryl methyl sites for hydroxylation is 1. The maximum Gasteiger partial charge on any atom is 0.337 e. The van der Waals surface area contributed by atoms with Crippen molar-refractivity contribution in [3.8, 4) is 0 Å². The van der Waals surface area contributed by atoms with Gasteiger partial charge in [-0.2, -0.15) is 0 Å². The summed E-state index contributed by atoms with van der Waals surface area (Å²) >= 11 is 0. The topological polar surface area (TPSA) is 79.7 Å². The second kappa shape index (κ2) is 5.60. The number of nitrogens with zero attached hydrogens (tertiary/aromatic N) is 2. The first kappa shape index (κ1) is 17.4.